The predicted molar refractivity (Wildman–Crippen MR) is 75.1 cm³/mol. The van der Waals surface area contributed by atoms with Gasteiger partial charge in [-0.05, 0) is 36.8 Å². The van der Waals surface area contributed by atoms with Crippen LogP contribution in [0.15, 0.2) is 40.8 Å². The van der Waals surface area contributed by atoms with Gasteiger partial charge in [-0.1, -0.05) is 6.07 Å². The largest absolute Gasteiger partial charge is 0.497 e. The van der Waals surface area contributed by atoms with Gasteiger partial charge < -0.3 is 14.9 Å². The standard InChI is InChI=1S/C15H14N2O2/c1-9-6-13-14(8-12(9)16)19-15(17-13)10-4-3-5-11(7-10)18-2/h3-8H,16H2,1-2H3. The smallest absolute Gasteiger partial charge is 0.227 e. The van der Waals surface area contributed by atoms with E-state index in [2.05, 4.69) is 4.98 Å². The molecule has 0 spiro atoms. The molecule has 3 aromatic rings. The van der Waals surface area contributed by atoms with E-state index in [0.29, 0.717) is 17.2 Å². The fourth-order valence-electron chi connectivity index (χ4n) is 1.97. The molecule has 0 amide bonds. The Kier molecular flexibility index (Phi) is 2.63. The van der Waals surface area contributed by atoms with Gasteiger partial charge in [-0.25, -0.2) is 4.98 Å². The number of aryl methyl sites for hydroxylation is 1. The first-order chi connectivity index (χ1) is 9.17. The summed E-state index contributed by atoms with van der Waals surface area (Å²) >= 11 is 0. The number of ether oxygens (including phenoxy) is 1. The first-order valence-corrected chi connectivity index (χ1v) is 5.98. The van der Waals surface area contributed by atoms with E-state index >= 15 is 0 Å². The molecule has 0 unspecified atom stereocenters. The highest BCUT2D eigenvalue weighted by Gasteiger charge is 2.10. The van der Waals surface area contributed by atoms with Crippen LogP contribution in [0.2, 0.25) is 0 Å². The number of benzene rings is 2. The number of methoxy groups -OCH3 is 1. The van der Waals surface area contributed by atoms with Crippen LogP contribution in [-0.4, -0.2) is 12.1 Å². The second kappa shape index (κ2) is 4.31. The molecule has 4 heteroatoms. The van der Waals surface area contributed by atoms with E-state index in [0.717, 1.165) is 22.4 Å². The lowest BCUT2D eigenvalue weighted by Gasteiger charge is -2.00. The molecule has 0 atom stereocenters. The van der Waals surface area contributed by atoms with Crippen molar-refractivity contribution >= 4 is 16.8 Å². The topological polar surface area (TPSA) is 61.3 Å². The monoisotopic (exact) mass is 254 g/mol. The number of hydrogen-bond donors (Lipinski definition) is 1. The number of anilines is 1. The summed E-state index contributed by atoms with van der Waals surface area (Å²) in [6.07, 6.45) is 0. The molecule has 96 valence electrons. The molecule has 1 aromatic heterocycles. The van der Waals surface area contributed by atoms with E-state index in [1.165, 1.54) is 0 Å². The Hall–Kier alpha value is -2.49. The first kappa shape index (κ1) is 11.6. The second-order valence-corrected chi connectivity index (χ2v) is 4.43. The summed E-state index contributed by atoms with van der Waals surface area (Å²) in [5, 5.41) is 0. The lowest BCUT2D eigenvalue weighted by molar-refractivity contribution is 0.415. The molecule has 19 heavy (non-hydrogen) atoms. The summed E-state index contributed by atoms with van der Waals surface area (Å²) in [5.41, 5.74) is 9.97. The molecule has 0 aliphatic carbocycles. The number of nitrogens with two attached hydrogens (primary N) is 1. The molecular formula is C15H14N2O2. The van der Waals surface area contributed by atoms with Gasteiger partial charge in [0.25, 0.3) is 0 Å². The van der Waals surface area contributed by atoms with Crippen LogP contribution < -0.4 is 10.5 Å². The number of nitrogens with zero attached hydrogens (tertiary/aromatic N) is 1. The molecular weight excluding hydrogens is 240 g/mol. The van der Waals surface area contributed by atoms with Crippen LogP contribution in [0.25, 0.3) is 22.6 Å². The Morgan fingerprint density at radius 3 is 2.84 bits per heavy atom. The van der Waals surface area contributed by atoms with E-state index in [1.54, 1.807) is 13.2 Å². The summed E-state index contributed by atoms with van der Waals surface area (Å²) in [4.78, 5) is 4.48. The number of aromatic nitrogens is 1. The normalized spacial score (nSPS) is 10.8. The summed E-state index contributed by atoms with van der Waals surface area (Å²) in [6, 6.07) is 11.3. The van der Waals surface area contributed by atoms with E-state index < -0.39 is 0 Å². The minimum Gasteiger partial charge on any atom is -0.497 e. The number of fused-ring (bicyclic) bond motifs is 1. The van der Waals surface area contributed by atoms with Gasteiger partial charge in [0.2, 0.25) is 5.89 Å². The first-order valence-electron chi connectivity index (χ1n) is 5.98. The van der Waals surface area contributed by atoms with Crippen molar-refractivity contribution in [2.75, 3.05) is 12.8 Å². The average molecular weight is 254 g/mol. The Morgan fingerprint density at radius 1 is 1.21 bits per heavy atom. The molecule has 4 nitrogen and oxygen atoms in total. The molecule has 3 rings (SSSR count). The molecule has 0 fully saturated rings. The zero-order valence-electron chi connectivity index (χ0n) is 10.8. The van der Waals surface area contributed by atoms with Gasteiger partial charge in [-0.2, -0.15) is 0 Å². The molecule has 0 aliphatic heterocycles. The third kappa shape index (κ3) is 2.01. The van der Waals surface area contributed by atoms with Gasteiger partial charge in [0.1, 0.15) is 11.3 Å². The van der Waals surface area contributed by atoms with Gasteiger partial charge >= 0.3 is 0 Å². The Morgan fingerprint density at radius 2 is 2.05 bits per heavy atom. The summed E-state index contributed by atoms with van der Waals surface area (Å²) in [6.45, 7) is 1.95. The summed E-state index contributed by atoms with van der Waals surface area (Å²) in [5.74, 6) is 1.34. The average Bonchev–Trinajstić information content (AvgIpc) is 2.82. The molecule has 2 N–H and O–H groups in total. The fraction of sp³-hybridized carbons (Fsp3) is 0.133. The highest BCUT2D eigenvalue weighted by molar-refractivity contribution is 5.81. The molecule has 0 saturated heterocycles. The van der Waals surface area contributed by atoms with Crippen LogP contribution in [0.4, 0.5) is 5.69 Å². The predicted octanol–water partition coefficient (Wildman–Crippen LogP) is 3.39. The van der Waals surface area contributed by atoms with E-state index in [1.807, 2.05) is 37.3 Å². The number of hydrogen-bond acceptors (Lipinski definition) is 4. The third-order valence-corrected chi connectivity index (χ3v) is 3.09. The lowest BCUT2D eigenvalue weighted by Crippen LogP contribution is -1.87. The zero-order valence-corrected chi connectivity index (χ0v) is 10.8. The molecule has 1 heterocycles. The highest BCUT2D eigenvalue weighted by Crippen LogP contribution is 2.28. The van der Waals surface area contributed by atoms with Crippen molar-refractivity contribution in [2.45, 2.75) is 6.92 Å². The number of oxazole rings is 1. The number of nitrogen functional groups attached to an aromatic ring is 1. The van der Waals surface area contributed by atoms with Crippen molar-refractivity contribution < 1.29 is 9.15 Å². The Balaban J connectivity index is 2.14. The van der Waals surface area contributed by atoms with Crippen molar-refractivity contribution in [1.82, 2.24) is 4.98 Å². The van der Waals surface area contributed by atoms with Crippen LogP contribution in [0.3, 0.4) is 0 Å². The number of rotatable bonds is 2. The second-order valence-electron chi connectivity index (χ2n) is 4.43. The minimum absolute atomic E-state index is 0.568. The maximum atomic E-state index is 5.87. The SMILES string of the molecule is COc1cccc(-c2nc3cc(C)c(N)cc3o2)c1. The summed E-state index contributed by atoms with van der Waals surface area (Å²) < 4.78 is 10.9. The van der Waals surface area contributed by atoms with Gasteiger partial charge in [0.15, 0.2) is 5.58 Å². The van der Waals surface area contributed by atoms with E-state index in [-0.39, 0.29) is 0 Å². The highest BCUT2D eigenvalue weighted by atomic mass is 16.5. The van der Waals surface area contributed by atoms with Gasteiger partial charge in [0.05, 0.1) is 7.11 Å². The molecule has 0 radical (unpaired) electrons. The van der Waals surface area contributed by atoms with Crippen molar-refractivity contribution in [3.63, 3.8) is 0 Å². The Labute approximate surface area is 110 Å². The van der Waals surface area contributed by atoms with Crippen LogP contribution in [-0.2, 0) is 0 Å². The van der Waals surface area contributed by atoms with Crippen molar-refractivity contribution in [3.05, 3.63) is 42.0 Å². The van der Waals surface area contributed by atoms with Crippen LogP contribution in [0, 0.1) is 6.92 Å². The van der Waals surface area contributed by atoms with Gasteiger partial charge in [-0.15, -0.1) is 0 Å². The lowest BCUT2D eigenvalue weighted by atomic mass is 10.2. The summed E-state index contributed by atoms with van der Waals surface area (Å²) in [7, 11) is 1.63. The van der Waals surface area contributed by atoms with Crippen molar-refractivity contribution in [2.24, 2.45) is 0 Å². The maximum absolute atomic E-state index is 5.87. The van der Waals surface area contributed by atoms with Crippen molar-refractivity contribution in [3.8, 4) is 17.2 Å². The van der Waals surface area contributed by atoms with E-state index in [4.69, 9.17) is 14.9 Å². The maximum Gasteiger partial charge on any atom is 0.227 e. The van der Waals surface area contributed by atoms with Crippen molar-refractivity contribution in [1.29, 1.82) is 0 Å². The quantitative estimate of drug-likeness (QED) is 0.712. The third-order valence-electron chi connectivity index (χ3n) is 3.09. The van der Waals surface area contributed by atoms with Crippen LogP contribution in [0.5, 0.6) is 5.75 Å². The van der Waals surface area contributed by atoms with Gasteiger partial charge in [-0.3, -0.25) is 0 Å². The Bertz CT molecular complexity index is 708. The van der Waals surface area contributed by atoms with Crippen LogP contribution in [0.1, 0.15) is 5.56 Å². The minimum atomic E-state index is 0.568. The van der Waals surface area contributed by atoms with Crippen LogP contribution >= 0.6 is 0 Å². The fourth-order valence-corrected chi connectivity index (χ4v) is 1.97. The molecule has 0 aliphatic rings. The molecule has 0 saturated carbocycles. The molecule has 0 bridgehead atoms. The van der Waals surface area contributed by atoms with E-state index in [9.17, 15) is 0 Å². The van der Waals surface area contributed by atoms with Gasteiger partial charge in [0, 0.05) is 17.3 Å². The molecule has 2 aromatic carbocycles. The zero-order chi connectivity index (χ0) is 13.4.